The van der Waals surface area contributed by atoms with Crippen LogP contribution in [0.3, 0.4) is 0 Å². The van der Waals surface area contributed by atoms with E-state index in [-0.39, 0.29) is 29.9 Å². The number of allylic oxidation sites excluding steroid dienone is 2. The highest BCUT2D eigenvalue weighted by Crippen LogP contribution is 2.34. The molecule has 2 N–H and O–H groups in total. The van der Waals surface area contributed by atoms with Crippen LogP contribution in [0.25, 0.3) is 0 Å². The van der Waals surface area contributed by atoms with Crippen LogP contribution in [0.5, 0.6) is 17.2 Å². The van der Waals surface area contributed by atoms with Crippen LogP contribution in [-0.2, 0) is 20.9 Å². The highest BCUT2D eigenvalue weighted by Gasteiger charge is 2.46. The summed E-state index contributed by atoms with van der Waals surface area (Å²) in [7, 11) is 1.62. The zero-order valence-electron chi connectivity index (χ0n) is 30.3. The van der Waals surface area contributed by atoms with Crippen LogP contribution < -0.4 is 24.8 Å². The summed E-state index contributed by atoms with van der Waals surface area (Å²) in [5, 5.41) is 5.21. The first-order valence-electron chi connectivity index (χ1n) is 18.4. The maximum Gasteiger partial charge on any atom is 0.266 e. The molecule has 2 heterocycles. The highest BCUT2D eigenvalue weighted by atomic mass is 16.5. The number of carbonyl (C=O) groups excluding carboxylic acids is 5. The third-order valence-electron chi connectivity index (χ3n) is 9.00. The quantitative estimate of drug-likeness (QED) is 0.0787. The Balaban J connectivity index is 1.06. The lowest BCUT2D eigenvalue weighted by Gasteiger charge is -2.27. The van der Waals surface area contributed by atoms with Crippen LogP contribution in [0.15, 0.2) is 48.6 Å². The van der Waals surface area contributed by atoms with Gasteiger partial charge in [0.25, 0.3) is 11.8 Å². The average Bonchev–Trinajstić information content (AvgIpc) is 3.37. The molecular formula is C40H53N3O8. The van der Waals surface area contributed by atoms with Gasteiger partial charge in [-0.2, -0.15) is 0 Å². The molecule has 0 saturated carbocycles. The van der Waals surface area contributed by atoms with Gasteiger partial charge in [-0.15, -0.1) is 0 Å². The molecule has 0 spiro atoms. The molecule has 276 valence electrons. The van der Waals surface area contributed by atoms with E-state index in [1.165, 1.54) is 0 Å². The Morgan fingerprint density at radius 3 is 2.27 bits per heavy atom. The topological polar surface area (TPSA) is 140 Å². The van der Waals surface area contributed by atoms with E-state index < -0.39 is 29.7 Å². The number of carbonyl (C=O) groups is 5. The Bertz CT molecular complexity index is 1550. The molecule has 1 saturated heterocycles. The van der Waals surface area contributed by atoms with Crippen LogP contribution in [0, 0.1) is 5.92 Å². The van der Waals surface area contributed by atoms with E-state index in [2.05, 4.69) is 36.6 Å². The zero-order valence-corrected chi connectivity index (χ0v) is 30.3. The number of amides is 5. The van der Waals surface area contributed by atoms with Gasteiger partial charge >= 0.3 is 0 Å². The summed E-state index contributed by atoms with van der Waals surface area (Å²) in [5.74, 6) is 0.169. The Morgan fingerprint density at radius 1 is 0.882 bits per heavy atom. The smallest absolute Gasteiger partial charge is 0.266 e. The molecule has 11 heteroatoms. The second-order valence-corrected chi connectivity index (χ2v) is 13.5. The maximum absolute atomic E-state index is 13.2. The number of benzene rings is 2. The van der Waals surface area contributed by atoms with Crippen LogP contribution in [-0.4, -0.2) is 60.8 Å². The van der Waals surface area contributed by atoms with E-state index in [1.54, 1.807) is 25.3 Å². The Kier molecular flexibility index (Phi) is 15.5. The predicted octanol–water partition coefficient (Wildman–Crippen LogP) is 6.67. The van der Waals surface area contributed by atoms with Gasteiger partial charge in [-0.1, -0.05) is 70.2 Å². The van der Waals surface area contributed by atoms with Gasteiger partial charge in [0.15, 0.2) is 11.5 Å². The minimum atomic E-state index is -1.00. The summed E-state index contributed by atoms with van der Waals surface area (Å²) in [4.78, 5) is 63.3. The van der Waals surface area contributed by atoms with E-state index in [0.717, 1.165) is 74.7 Å². The number of nitrogens with one attached hydrogen (secondary N) is 2. The van der Waals surface area contributed by atoms with Gasteiger partial charge in [0.2, 0.25) is 17.7 Å². The molecule has 1 fully saturated rings. The van der Waals surface area contributed by atoms with Crippen molar-refractivity contribution in [3.63, 3.8) is 0 Å². The molecule has 1 atom stereocenters. The molecule has 4 rings (SSSR count). The minimum Gasteiger partial charge on any atom is -0.493 e. The number of hydrogen-bond acceptors (Lipinski definition) is 8. The molecule has 0 aliphatic carbocycles. The molecule has 2 aliphatic heterocycles. The number of unbranched alkanes of at least 4 members (excludes halogenated alkanes) is 8. The van der Waals surface area contributed by atoms with Crippen LogP contribution >= 0.6 is 0 Å². The van der Waals surface area contributed by atoms with Gasteiger partial charge in [-0.05, 0) is 74.3 Å². The van der Waals surface area contributed by atoms with Crippen molar-refractivity contribution in [2.45, 2.75) is 110 Å². The third kappa shape index (κ3) is 11.7. The SMILES string of the molecule is COc1cc(CNC(=O)CCCC/C=C/C(C)C)ccc1OCCCCCCCCCOc1cccc2c1C(=O)N(C1CCC(=O)NC1=O)C2=O. The molecule has 51 heavy (non-hydrogen) atoms. The van der Waals surface area contributed by atoms with Gasteiger partial charge in [0.05, 0.1) is 31.5 Å². The van der Waals surface area contributed by atoms with Gasteiger partial charge < -0.3 is 19.5 Å². The summed E-state index contributed by atoms with van der Waals surface area (Å²) in [5.41, 5.74) is 1.36. The van der Waals surface area contributed by atoms with E-state index in [1.807, 2.05) is 18.2 Å². The molecule has 1 unspecified atom stereocenters. The van der Waals surface area contributed by atoms with Crippen LogP contribution in [0.1, 0.15) is 124 Å². The van der Waals surface area contributed by atoms with Crippen molar-refractivity contribution < 1.29 is 38.2 Å². The standard InChI is InChI=1S/C40H53N3O8/c1-28(2)16-11-7-8-12-19-35(44)41-27-29-20-22-32(34(26-29)49-3)50-24-13-9-5-4-6-10-14-25-51-33-18-15-17-30-37(33)40(48)43(39(30)47)31-21-23-36(45)42-38(31)46/h11,15-18,20,22,26,28,31H,4-10,12-14,19,21,23-25,27H2,1-3H3,(H,41,44)(H,42,45,46)/b16-11+. The van der Waals surface area contributed by atoms with E-state index in [4.69, 9.17) is 14.2 Å². The number of rotatable bonds is 22. The van der Waals surface area contributed by atoms with Crippen LogP contribution in [0.2, 0.25) is 0 Å². The fourth-order valence-corrected chi connectivity index (χ4v) is 6.20. The summed E-state index contributed by atoms with van der Waals surface area (Å²) in [6.45, 7) is 5.77. The molecule has 2 aromatic carbocycles. The van der Waals surface area contributed by atoms with Crippen molar-refractivity contribution in [2.24, 2.45) is 5.92 Å². The van der Waals surface area contributed by atoms with Gasteiger partial charge in [0.1, 0.15) is 11.8 Å². The molecule has 0 aromatic heterocycles. The molecule has 0 bridgehead atoms. The lowest BCUT2D eigenvalue weighted by atomic mass is 10.0. The predicted molar refractivity (Wildman–Crippen MR) is 194 cm³/mol. The minimum absolute atomic E-state index is 0.0588. The molecule has 11 nitrogen and oxygen atoms in total. The number of piperidine rings is 1. The van der Waals surface area contributed by atoms with Crippen LogP contribution in [0.4, 0.5) is 0 Å². The van der Waals surface area contributed by atoms with Gasteiger partial charge in [0, 0.05) is 19.4 Å². The van der Waals surface area contributed by atoms with E-state index in [9.17, 15) is 24.0 Å². The number of fused-ring (bicyclic) bond motifs is 1. The Hall–Kier alpha value is -4.67. The van der Waals surface area contributed by atoms with Crippen molar-refractivity contribution in [3.8, 4) is 17.2 Å². The molecule has 5 amide bonds. The van der Waals surface area contributed by atoms with E-state index in [0.29, 0.717) is 49.3 Å². The summed E-state index contributed by atoms with van der Waals surface area (Å²) in [6, 6.07) is 9.66. The molecule has 0 radical (unpaired) electrons. The highest BCUT2D eigenvalue weighted by molar-refractivity contribution is 6.24. The first kappa shape index (κ1) is 39.1. The van der Waals surface area contributed by atoms with Crippen molar-refractivity contribution in [1.29, 1.82) is 0 Å². The molecular weight excluding hydrogens is 650 g/mol. The summed E-state index contributed by atoms with van der Waals surface area (Å²) >= 11 is 0. The fraction of sp³-hybridized carbons (Fsp3) is 0.525. The van der Waals surface area contributed by atoms with Crippen molar-refractivity contribution in [3.05, 3.63) is 65.2 Å². The molecule has 2 aromatic rings. The van der Waals surface area contributed by atoms with Crippen molar-refractivity contribution in [2.75, 3.05) is 20.3 Å². The monoisotopic (exact) mass is 703 g/mol. The molecule has 2 aliphatic rings. The normalized spacial score (nSPS) is 15.8. The largest absolute Gasteiger partial charge is 0.493 e. The van der Waals surface area contributed by atoms with Gasteiger partial charge in [-0.3, -0.25) is 34.2 Å². The number of ether oxygens (including phenoxy) is 3. The summed E-state index contributed by atoms with van der Waals surface area (Å²) < 4.78 is 17.5. The fourth-order valence-electron chi connectivity index (χ4n) is 6.20. The second-order valence-electron chi connectivity index (χ2n) is 13.5. The van der Waals surface area contributed by atoms with Gasteiger partial charge in [-0.25, -0.2) is 0 Å². The number of imide groups is 2. The third-order valence-corrected chi connectivity index (χ3v) is 9.00. The van der Waals surface area contributed by atoms with Crippen molar-refractivity contribution >= 4 is 29.5 Å². The second kappa shape index (κ2) is 20.2. The number of methoxy groups -OCH3 is 1. The van der Waals surface area contributed by atoms with E-state index >= 15 is 0 Å². The lowest BCUT2D eigenvalue weighted by Crippen LogP contribution is -2.54. The van der Waals surface area contributed by atoms with Crippen molar-refractivity contribution in [1.82, 2.24) is 15.5 Å². The Morgan fingerprint density at radius 2 is 1.59 bits per heavy atom. The zero-order chi connectivity index (χ0) is 36.6. The average molecular weight is 704 g/mol. The first-order chi connectivity index (χ1) is 24.7. The number of hydrogen-bond donors (Lipinski definition) is 2. The first-order valence-corrected chi connectivity index (χ1v) is 18.4. The number of nitrogens with zero attached hydrogens (tertiary/aromatic N) is 1. The lowest BCUT2D eigenvalue weighted by molar-refractivity contribution is -0.136. The maximum atomic E-state index is 13.2. The summed E-state index contributed by atoms with van der Waals surface area (Å²) in [6.07, 6.45) is 15.0. The Labute approximate surface area is 301 Å².